The number of imidazole rings is 2. The summed E-state index contributed by atoms with van der Waals surface area (Å²) in [5.74, 6) is -0.761. The summed E-state index contributed by atoms with van der Waals surface area (Å²) in [6, 6.07) is 0. The molecule has 3 saturated heterocycles. The fourth-order valence-corrected chi connectivity index (χ4v) is 12.6. The first-order valence-electron chi connectivity index (χ1n) is 21.0. The van der Waals surface area contributed by atoms with E-state index in [1.165, 1.54) is 22.5 Å². The van der Waals surface area contributed by atoms with Crippen LogP contribution in [0.5, 0.6) is 0 Å². The lowest BCUT2D eigenvalue weighted by Gasteiger charge is -2.26. The van der Waals surface area contributed by atoms with Crippen LogP contribution in [-0.4, -0.2) is 181 Å². The maximum absolute atomic E-state index is 13.7. The van der Waals surface area contributed by atoms with Crippen molar-refractivity contribution in [3.8, 4) is 0 Å². The van der Waals surface area contributed by atoms with Crippen LogP contribution in [-0.2, 0) is 71.0 Å². The van der Waals surface area contributed by atoms with Gasteiger partial charge in [-0.25, -0.2) is 37.8 Å². The van der Waals surface area contributed by atoms with Crippen molar-refractivity contribution in [1.29, 1.82) is 0 Å². The summed E-state index contributed by atoms with van der Waals surface area (Å²) < 4.78 is 108. The van der Waals surface area contributed by atoms with Crippen molar-refractivity contribution in [2.45, 2.75) is 73.6 Å². The van der Waals surface area contributed by atoms with Crippen molar-refractivity contribution >= 4 is 82.5 Å². The second kappa shape index (κ2) is 20.3. The molecule has 0 radical (unpaired) electrons. The second-order valence-electron chi connectivity index (χ2n) is 16.4. The third kappa shape index (κ3) is 10.9. The molecule has 40 nitrogen and oxygen atoms in total. The van der Waals surface area contributed by atoms with Gasteiger partial charge in [0.15, 0.2) is 41.4 Å². The van der Waals surface area contributed by atoms with E-state index in [-0.39, 0.29) is 51.2 Å². The fourth-order valence-electron chi connectivity index (χ4n) is 8.16. The third-order valence-corrected chi connectivity index (χ3v) is 16.7. The Hall–Kier alpha value is -5.22. The number of hydrogen-bond acceptors (Lipinski definition) is 30. The molecule has 9 heterocycles. The number of H-pyrrole nitrogens is 2. The first-order chi connectivity index (χ1) is 35.2. The summed E-state index contributed by atoms with van der Waals surface area (Å²) in [4.78, 5) is 91.5. The first-order valence-corrected chi connectivity index (χ1v) is 27.0. The summed E-state index contributed by atoms with van der Waals surface area (Å²) >= 11 is 0. The molecule has 6 aromatic heterocycles. The van der Waals surface area contributed by atoms with Crippen LogP contribution in [0.1, 0.15) is 18.7 Å². The van der Waals surface area contributed by atoms with Gasteiger partial charge in [-0.15, -0.1) is 5.10 Å². The molecule has 410 valence electrons. The van der Waals surface area contributed by atoms with Crippen molar-refractivity contribution in [3.05, 3.63) is 39.7 Å². The number of nitrogens with one attached hydrogen (secondary N) is 2. The van der Waals surface area contributed by atoms with E-state index in [1.54, 1.807) is 0 Å². The van der Waals surface area contributed by atoms with Gasteiger partial charge in [-0.1, -0.05) is 10.2 Å². The highest BCUT2D eigenvalue weighted by Gasteiger charge is 2.54. The lowest BCUT2D eigenvalue weighted by atomic mass is 10.1. The zero-order valence-corrected chi connectivity index (χ0v) is 41.4. The normalized spacial score (nSPS) is 30.5. The quantitative estimate of drug-likeness (QED) is 0.0266. The molecule has 16 atom stereocenters. The Balaban J connectivity index is 0.862. The average molecular weight is 1150 g/mol. The van der Waals surface area contributed by atoms with E-state index in [1.807, 2.05) is 0 Å². The maximum Gasteiger partial charge on any atom is 0.490 e. The van der Waals surface area contributed by atoms with Crippen molar-refractivity contribution < 1.29 is 108 Å². The number of aromatic nitrogens is 13. The molecule has 0 aliphatic carbocycles. The molecule has 9 rings (SSSR count). The van der Waals surface area contributed by atoms with Crippen LogP contribution < -0.4 is 32.9 Å². The fraction of sp³-hybridized carbons (Fsp3) is 0.548. The number of phosphoric acid groups is 4. The Labute approximate surface area is 413 Å². The molecule has 6 aromatic rings. The van der Waals surface area contributed by atoms with Crippen LogP contribution in [0.4, 0.5) is 17.7 Å². The number of ether oxygens (including phenoxy) is 4. The van der Waals surface area contributed by atoms with E-state index in [2.05, 4.69) is 58.3 Å². The number of rotatable bonds is 19. The predicted octanol–water partition coefficient (Wildman–Crippen LogP) is -5.32. The largest absolute Gasteiger partial charge is 0.490 e. The number of methoxy groups -OCH3 is 1. The van der Waals surface area contributed by atoms with E-state index >= 15 is 0 Å². The Morgan fingerprint density at radius 3 is 1.99 bits per heavy atom. The Morgan fingerprint density at radius 2 is 1.31 bits per heavy atom. The minimum absolute atomic E-state index is 0.000954. The molecule has 0 bridgehead atoms. The SMILES string of the molecule is CO[C@@H]1[C@H](OP(=O)(O)OC[C@H]2O[C@@H](n3nnc4c(=O)[nH]c(N)nc43)[C@H](O)[C@@H]2O)[C@@H](COP(=O)(O)OP(=O)(O)OP(=O)(O)OC[C@@H]2O[C@H]([n+]3cn(C)c4c(=O)[nH]c(N)nc43)[C@@H](O)[C@H]2O)O[C@H]1n1cnc2c(N)ncnc21. The molecule has 3 aliphatic heterocycles. The van der Waals surface area contributed by atoms with Gasteiger partial charge in [0.1, 0.15) is 66.8 Å². The Morgan fingerprint density at radius 1 is 0.707 bits per heavy atom. The molecule has 0 aromatic carbocycles. The van der Waals surface area contributed by atoms with Crippen LogP contribution >= 0.6 is 31.3 Å². The number of aliphatic hydroxyl groups excluding tert-OH is 4. The molecule has 0 saturated carbocycles. The summed E-state index contributed by atoms with van der Waals surface area (Å²) in [6.45, 7) is -3.44. The number of nitrogens with two attached hydrogens (primary N) is 3. The predicted molar refractivity (Wildman–Crippen MR) is 237 cm³/mol. The molecule has 4 unspecified atom stereocenters. The first kappa shape index (κ1) is 54.6. The lowest BCUT2D eigenvalue weighted by molar-refractivity contribution is -0.745. The molecular formula is C31H43N16O24P4+. The van der Waals surface area contributed by atoms with Crippen LogP contribution in [0, 0.1) is 0 Å². The van der Waals surface area contributed by atoms with Crippen molar-refractivity contribution in [1.82, 2.24) is 59.0 Å². The van der Waals surface area contributed by atoms with E-state index in [0.717, 1.165) is 29.0 Å². The van der Waals surface area contributed by atoms with Gasteiger partial charge in [0.2, 0.25) is 17.7 Å². The van der Waals surface area contributed by atoms with Crippen molar-refractivity contribution in [2.24, 2.45) is 7.05 Å². The number of aliphatic hydroxyl groups is 4. The van der Waals surface area contributed by atoms with E-state index in [4.69, 9.17) is 49.7 Å². The second-order valence-corrected chi connectivity index (χ2v) is 22.4. The summed E-state index contributed by atoms with van der Waals surface area (Å²) in [6.07, 6.45) is -17.2. The van der Waals surface area contributed by atoms with Crippen LogP contribution in [0.15, 0.2) is 28.6 Å². The summed E-state index contributed by atoms with van der Waals surface area (Å²) in [7, 11) is -21.0. The van der Waals surface area contributed by atoms with E-state index in [0.29, 0.717) is 0 Å². The summed E-state index contributed by atoms with van der Waals surface area (Å²) in [5.41, 5.74) is 15.1. The molecule has 75 heavy (non-hydrogen) atoms. The highest BCUT2D eigenvalue weighted by Crippen LogP contribution is 2.68. The van der Waals surface area contributed by atoms with Gasteiger partial charge in [0, 0.05) is 7.11 Å². The smallest absolute Gasteiger partial charge is 0.387 e. The van der Waals surface area contributed by atoms with Gasteiger partial charge >= 0.3 is 36.9 Å². The number of hydrogen-bond donors (Lipinski definition) is 13. The number of nitrogens with zero attached hydrogens (tertiary/aromatic N) is 11. The van der Waals surface area contributed by atoms with E-state index < -0.39 is 136 Å². The van der Waals surface area contributed by atoms with Crippen molar-refractivity contribution in [2.75, 3.05) is 44.1 Å². The number of phosphoric ester groups is 3. The standard InChI is InChI=1S/C31H42N16O24P4/c1-44-8-46(24-14(44)26(53)41-31(34)39-24)27-17(50)15(48)9(66-27)4-64-73(56,57)70-75(60,61)71-74(58,59)65-5-11-19(20(62-2)29(68-11)45-7-37-12-21(32)35-6-36-22(12)45)69-72(54,55)63-3-10-16(49)18(51)28(67-10)47-23-13(42-43-47)25(52)40-30(33)38-23/h6-11,15-20,27-29,48-51H,3-5H2,1-2H3,(H11-,32,33,34,35,36,38,39,40,41,43,52,53,54,55,56,57,58,59,60,61)/p+1/t9-,10+,11+,15-,16+,17-,18+,19+,20+,27-,28+,29+/m0/s1. The zero-order valence-electron chi connectivity index (χ0n) is 37.8. The number of aromatic amines is 2. The van der Waals surface area contributed by atoms with Crippen molar-refractivity contribution in [3.63, 3.8) is 0 Å². The van der Waals surface area contributed by atoms with Crippen LogP contribution in [0.2, 0.25) is 0 Å². The zero-order chi connectivity index (χ0) is 54.3. The van der Waals surface area contributed by atoms with Gasteiger partial charge in [0.25, 0.3) is 17.1 Å². The highest BCUT2D eigenvalue weighted by molar-refractivity contribution is 7.66. The van der Waals surface area contributed by atoms with E-state index in [9.17, 15) is 67.8 Å². The molecule has 0 amide bonds. The van der Waals surface area contributed by atoms with Crippen LogP contribution in [0.25, 0.3) is 33.5 Å². The average Bonchev–Trinajstić information content (AvgIpc) is 4.17. The Bertz CT molecular complexity index is 3470. The molecule has 3 fully saturated rings. The molecule has 0 spiro atoms. The van der Waals surface area contributed by atoms with Gasteiger partial charge in [-0.2, -0.15) is 18.3 Å². The molecule has 3 aliphatic rings. The van der Waals surface area contributed by atoms with Crippen LogP contribution in [0.3, 0.4) is 0 Å². The minimum Gasteiger partial charge on any atom is -0.387 e. The lowest BCUT2D eigenvalue weighted by Crippen LogP contribution is -2.46. The van der Waals surface area contributed by atoms with Gasteiger partial charge < -0.3 is 76.1 Å². The number of anilines is 3. The molecule has 16 N–H and O–H groups in total. The van der Waals surface area contributed by atoms with Gasteiger partial charge in [0.05, 0.1) is 33.2 Å². The Kier molecular flexibility index (Phi) is 14.8. The highest BCUT2D eigenvalue weighted by atomic mass is 31.3. The number of aryl methyl sites for hydroxylation is 1. The van der Waals surface area contributed by atoms with Gasteiger partial charge in [-0.3, -0.25) is 46.8 Å². The van der Waals surface area contributed by atoms with Gasteiger partial charge in [-0.05, 0) is 0 Å². The minimum atomic E-state index is -6.21. The third-order valence-electron chi connectivity index (χ3n) is 11.4. The maximum atomic E-state index is 13.7. The topological polar surface area (TPSA) is 575 Å². The molecular weight excluding hydrogens is 1100 g/mol. The number of nitrogen functional groups attached to an aromatic ring is 3. The monoisotopic (exact) mass is 1150 g/mol. The molecule has 44 heteroatoms. The number of fused-ring (bicyclic) bond motifs is 3. The summed E-state index contributed by atoms with van der Waals surface area (Å²) in [5, 5.41) is 50.5.